The van der Waals surface area contributed by atoms with Crippen molar-refractivity contribution in [3.63, 3.8) is 0 Å². The molecule has 0 unspecified atom stereocenters. The van der Waals surface area contributed by atoms with E-state index in [0.717, 1.165) is 16.0 Å². The Hall–Kier alpha value is -2.56. The first kappa shape index (κ1) is 19.2. The molecule has 0 bridgehead atoms. The van der Waals surface area contributed by atoms with Crippen molar-refractivity contribution in [2.24, 2.45) is 0 Å². The minimum Gasteiger partial charge on any atom is -0.384 e. The first-order chi connectivity index (χ1) is 13.1. The molecule has 0 atom stereocenters. The molecule has 0 fully saturated rings. The second-order valence-electron chi connectivity index (χ2n) is 6.21. The summed E-state index contributed by atoms with van der Waals surface area (Å²) in [6.45, 7) is 2.84. The number of aryl methyl sites for hydroxylation is 1. The van der Waals surface area contributed by atoms with E-state index in [1.807, 2.05) is 6.92 Å². The van der Waals surface area contributed by atoms with Crippen LogP contribution in [0.15, 0.2) is 29.1 Å². The minimum atomic E-state index is -0.315. The molecule has 2 heterocycles. The van der Waals surface area contributed by atoms with Gasteiger partial charge in [0.25, 0.3) is 5.56 Å². The number of hydrogen-bond donors (Lipinski definition) is 0. The maximum absolute atomic E-state index is 13.3. The van der Waals surface area contributed by atoms with Gasteiger partial charge in [0.15, 0.2) is 0 Å². The Balaban J connectivity index is 2.20. The Kier molecular flexibility index (Phi) is 5.99. The monoisotopic (exact) mass is 385 g/mol. The van der Waals surface area contributed by atoms with Crippen LogP contribution in [0.25, 0.3) is 21.3 Å². The third-order valence-corrected chi connectivity index (χ3v) is 5.40. The van der Waals surface area contributed by atoms with Gasteiger partial charge >= 0.3 is 0 Å². The van der Waals surface area contributed by atoms with Gasteiger partial charge in [0.05, 0.1) is 18.1 Å². The maximum atomic E-state index is 13.3. The van der Waals surface area contributed by atoms with Crippen molar-refractivity contribution in [1.29, 1.82) is 5.26 Å². The van der Waals surface area contributed by atoms with E-state index in [4.69, 9.17) is 15.0 Å². The highest BCUT2D eigenvalue weighted by Crippen LogP contribution is 2.35. The van der Waals surface area contributed by atoms with Crippen molar-refractivity contribution in [2.45, 2.75) is 32.7 Å². The summed E-state index contributed by atoms with van der Waals surface area (Å²) in [6, 6.07) is 8.26. The molecular weight excluding hydrogens is 365 g/mol. The standard InChI is InChI=1S/C20H20FN3O2S/c1-13-17(14-5-7-15(21)8-6-14)18-19(27-13)23-16(9-12-26-2)24(20(18)25)11-4-3-10-22/h5-8H,3-4,9,11-12H2,1-2H3. The summed E-state index contributed by atoms with van der Waals surface area (Å²) < 4.78 is 20.1. The van der Waals surface area contributed by atoms with Gasteiger partial charge in [-0.25, -0.2) is 9.37 Å². The number of hydrogen-bond acceptors (Lipinski definition) is 5. The number of halogens is 1. The smallest absolute Gasteiger partial charge is 0.262 e. The van der Waals surface area contributed by atoms with Crippen molar-refractivity contribution in [3.8, 4) is 17.2 Å². The number of thiophene rings is 1. The zero-order valence-electron chi connectivity index (χ0n) is 15.3. The van der Waals surface area contributed by atoms with Gasteiger partial charge in [-0.05, 0) is 31.0 Å². The van der Waals surface area contributed by atoms with Crippen LogP contribution in [-0.4, -0.2) is 23.3 Å². The molecule has 7 heteroatoms. The second kappa shape index (κ2) is 8.42. The Morgan fingerprint density at radius 2 is 2.07 bits per heavy atom. The van der Waals surface area contributed by atoms with E-state index >= 15 is 0 Å². The molecule has 5 nitrogen and oxygen atoms in total. The van der Waals surface area contributed by atoms with Gasteiger partial charge in [0, 0.05) is 36.9 Å². The lowest BCUT2D eigenvalue weighted by Gasteiger charge is -2.12. The molecule has 140 valence electrons. The molecule has 0 amide bonds. The fourth-order valence-corrected chi connectivity index (χ4v) is 4.19. The summed E-state index contributed by atoms with van der Waals surface area (Å²) in [7, 11) is 1.61. The molecule has 27 heavy (non-hydrogen) atoms. The third-order valence-electron chi connectivity index (χ3n) is 4.40. The molecule has 3 rings (SSSR count). The largest absolute Gasteiger partial charge is 0.384 e. The van der Waals surface area contributed by atoms with E-state index in [1.54, 1.807) is 23.8 Å². The molecule has 2 aromatic heterocycles. The van der Waals surface area contributed by atoms with Crippen molar-refractivity contribution >= 4 is 21.6 Å². The van der Waals surface area contributed by atoms with E-state index in [-0.39, 0.29) is 11.4 Å². The topological polar surface area (TPSA) is 67.9 Å². The van der Waals surface area contributed by atoms with Gasteiger partial charge in [0.1, 0.15) is 16.5 Å². The number of fused-ring (bicyclic) bond motifs is 1. The number of rotatable bonds is 7. The number of methoxy groups -OCH3 is 1. The fraction of sp³-hybridized carbons (Fsp3) is 0.350. The van der Waals surface area contributed by atoms with Crippen molar-refractivity contribution in [3.05, 3.63) is 51.1 Å². The Morgan fingerprint density at radius 3 is 2.74 bits per heavy atom. The van der Waals surface area contributed by atoms with Crippen LogP contribution in [0.4, 0.5) is 4.39 Å². The lowest BCUT2D eigenvalue weighted by Crippen LogP contribution is -2.26. The third kappa shape index (κ3) is 3.92. The summed E-state index contributed by atoms with van der Waals surface area (Å²) in [5.74, 6) is 0.351. The number of aromatic nitrogens is 2. The molecule has 3 aromatic rings. The van der Waals surface area contributed by atoms with E-state index in [9.17, 15) is 9.18 Å². The summed E-state index contributed by atoms with van der Waals surface area (Å²) in [5.41, 5.74) is 1.49. The summed E-state index contributed by atoms with van der Waals surface area (Å²) >= 11 is 1.47. The number of benzene rings is 1. The Bertz CT molecular complexity index is 1050. The van der Waals surface area contributed by atoms with Gasteiger partial charge < -0.3 is 4.74 Å². The zero-order valence-corrected chi connectivity index (χ0v) is 16.1. The van der Waals surface area contributed by atoms with Crippen LogP contribution in [0.2, 0.25) is 0 Å². The lowest BCUT2D eigenvalue weighted by molar-refractivity contribution is 0.199. The first-order valence-corrected chi connectivity index (χ1v) is 9.53. The molecule has 0 aliphatic rings. The van der Waals surface area contributed by atoms with Crippen LogP contribution in [0.5, 0.6) is 0 Å². The summed E-state index contributed by atoms with van der Waals surface area (Å²) in [6.07, 6.45) is 1.48. The highest BCUT2D eigenvalue weighted by Gasteiger charge is 2.19. The Labute approximate surface area is 160 Å². The van der Waals surface area contributed by atoms with Crippen LogP contribution in [0.1, 0.15) is 23.5 Å². The van der Waals surface area contributed by atoms with Crippen LogP contribution >= 0.6 is 11.3 Å². The molecular formula is C20H20FN3O2S. The van der Waals surface area contributed by atoms with Gasteiger partial charge in [-0.2, -0.15) is 5.26 Å². The van der Waals surface area contributed by atoms with Crippen molar-refractivity contribution in [1.82, 2.24) is 9.55 Å². The summed E-state index contributed by atoms with van der Waals surface area (Å²) in [4.78, 5) is 19.7. The van der Waals surface area contributed by atoms with Crippen molar-refractivity contribution in [2.75, 3.05) is 13.7 Å². The van der Waals surface area contributed by atoms with Crippen LogP contribution < -0.4 is 5.56 Å². The minimum absolute atomic E-state index is 0.118. The Morgan fingerprint density at radius 1 is 1.33 bits per heavy atom. The quantitative estimate of drug-likeness (QED) is 0.575. The summed E-state index contributed by atoms with van der Waals surface area (Å²) in [5, 5.41) is 9.37. The molecule has 0 saturated heterocycles. The average molecular weight is 385 g/mol. The lowest BCUT2D eigenvalue weighted by atomic mass is 10.0. The van der Waals surface area contributed by atoms with E-state index in [2.05, 4.69) is 6.07 Å². The molecule has 0 aliphatic carbocycles. The van der Waals surface area contributed by atoms with Gasteiger partial charge in [0.2, 0.25) is 0 Å². The first-order valence-electron chi connectivity index (χ1n) is 8.71. The van der Waals surface area contributed by atoms with Crippen molar-refractivity contribution < 1.29 is 9.13 Å². The molecule has 1 aromatic carbocycles. The zero-order chi connectivity index (χ0) is 19.4. The molecule has 0 aliphatic heterocycles. The predicted molar refractivity (Wildman–Crippen MR) is 104 cm³/mol. The molecule has 0 radical (unpaired) electrons. The van der Waals surface area contributed by atoms with Crippen LogP contribution in [0, 0.1) is 24.1 Å². The van der Waals surface area contributed by atoms with E-state index < -0.39 is 0 Å². The fourth-order valence-electron chi connectivity index (χ4n) is 3.13. The van der Waals surface area contributed by atoms with E-state index in [1.165, 1.54) is 23.5 Å². The van der Waals surface area contributed by atoms with Crippen LogP contribution in [0.3, 0.4) is 0 Å². The molecule has 0 spiro atoms. The van der Waals surface area contributed by atoms with Gasteiger partial charge in [-0.1, -0.05) is 12.1 Å². The highest BCUT2D eigenvalue weighted by molar-refractivity contribution is 7.19. The number of nitriles is 1. The molecule has 0 saturated carbocycles. The second-order valence-corrected chi connectivity index (χ2v) is 7.41. The molecule has 0 N–H and O–H groups in total. The van der Waals surface area contributed by atoms with E-state index in [0.29, 0.717) is 48.5 Å². The predicted octanol–water partition coefficient (Wildman–Crippen LogP) is 4.07. The number of unbranched alkanes of at least 4 members (excludes halogenated alkanes) is 1. The average Bonchev–Trinajstić information content (AvgIpc) is 2.99. The number of nitrogens with zero attached hydrogens (tertiary/aromatic N) is 3. The van der Waals surface area contributed by atoms with Crippen LogP contribution in [-0.2, 0) is 17.7 Å². The maximum Gasteiger partial charge on any atom is 0.262 e. The highest BCUT2D eigenvalue weighted by atomic mass is 32.1. The SMILES string of the molecule is COCCc1nc2sc(C)c(-c3ccc(F)cc3)c2c(=O)n1CCCC#N. The van der Waals surface area contributed by atoms with Gasteiger partial charge in [-0.3, -0.25) is 9.36 Å². The normalized spacial score (nSPS) is 11.0. The van der Waals surface area contributed by atoms with Gasteiger partial charge in [-0.15, -0.1) is 11.3 Å². The number of ether oxygens (including phenoxy) is 1.